The zero-order valence-electron chi connectivity index (χ0n) is 55.1. The van der Waals surface area contributed by atoms with E-state index in [-0.39, 0.29) is 16.2 Å². The van der Waals surface area contributed by atoms with E-state index in [1.807, 2.05) is 22.7 Å². The van der Waals surface area contributed by atoms with Crippen LogP contribution in [0, 0.1) is 0 Å². The van der Waals surface area contributed by atoms with E-state index in [0.717, 1.165) is 34.1 Å². The lowest BCUT2D eigenvalue weighted by Gasteiger charge is -2.28. The molecule has 0 bridgehead atoms. The summed E-state index contributed by atoms with van der Waals surface area (Å²) in [6.45, 7) is 14.4. The molecule has 3 aliphatic carbocycles. The van der Waals surface area contributed by atoms with E-state index in [1.54, 1.807) is 0 Å². The smallest absolute Gasteiger partial charge is 0.0468 e. The molecule has 0 aliphatic heterocycles. The topological polar surface area (TPSA) is 6.48 Å². The SMILES string of the molecule is CC1(C)c2cc(/C=C/c3ccc4c(c3)C(C)(C)c3cc(N(c5ccc6ccccc6c5)c5ccc6sc7ccccc7c6c5)ccc3-4)ccc2-c2ccc(/C=C/c3ccc4c(c3)C(C)(C)c3cc(N(c5ccc6ccccc6c5)c5ccc6sc7ccccc7c6c5)ccc3-4)cc21. The quantitative estimate of drug-likeness (QED) is 0.126. The summed E-state index contributed by atoms with van der Waals surface area (Å²) in [7, 11) is 0. The van der Waals surface area contributed by atoms with Crippen LogP contribution in [0.5, 0.6) is 0 Å². The molecule has 2 aromatic heterocycles. The van der Waals surface area contributed by atoms with Crippen molar-refractivity contribution in [3.8, 4) is 33.4 Å². The second-order valence-corrected chi connectivity index (χ2v) is 30.7. The molecule has 0 atom stereocenters. The molecule has 462 valence electrons. The molecule has 0 N–H and O–H groups in total. The van der Waals surface area contributed by atoms with Crippen LogP contribution >= 0.6 is 22.7 Å². The summed E-state index contributed by atoms with van der Waals surface area (Å²) < 4.78 is 5.25. The lowest BCUT2D eigenvalue weighted by Crippen LogP contribution is -2.16. The van der Waals surface area contributed by atoms with Crippen LogP contribution < -0.4 is 9.80 Å². The van der Waals surface area contributed by atoms with Crippen LogP contribution in [-0.4, -0.2) is 0 Å². The molecule has 2 nitrogen and oxygen atoms in total. The number of hydrogen-bond acceptors (Lipinski definition) is 4. The Hall–Kier alpha value is -10.9. The highest BCUT2D eigenvalue weighted by Gasteiger charge is 2.39. The first kappa shape index (κ1) is 57.6. The Kier molecular flexibility index (Phi) is 12.8. The lowest BCUT2D eigenvalue weighted by atomic mass is 9.81. The van der Waals surface area contributed by atoms with Gasteiger partial charge in [0, 0.05) is 90.7 Å². The summed E-state index contributed by atoms with van der Waals surface area (Å²) in [5.74, 6) is 0. The number of thiophene rings is 2. The third-order valence-electron chi connectivity index (χ3n) is 21.8. The standard InChI is InChI=1S/C93H68N2S2/c1-91(2)81-47-57(23-25-59-29-41-73-75-43-35-69(55-85(75)92(3,4)83(73)49-59)94(65-33-31-61-15-7-9-17-63(61)51-65)67-37-45-89-79(53-67)77-19-11-13-21-87(77)96-89)27-39-71(81)72-40-28-58(48-82(72)91)24-26-60-30-42-74-76-44-36-70(56-86(76)93(5,6)84(74)50-60)95(66-34-32-62-16-8-10-18-64(62)52-66)68-38-46-90-80(54-68)78-20-12-14-22-88(78)97-90/h7-56H,1-6H3/b25-23+,26-24+. The van der Waals surface area contributed by atoms with E-state index < -0.39 is 0 Å². The third kappa shape index (κ3) is 9.18. The maximum absolute atomic E-state index is 2.46. The van der Waals surface area contributed by atoms with Gasteiger partial charge in [0.2, 0.25) is 0 Å². The number of rotatable bonds is 10. The van der Waals surface area contributed by atoms with E-state index in [4.69, 9.17) is 0 Å². The second kappa shape index (κ2) is 21.6. The first-order valence-corrected chi connectivity index (χ1v) is 35.6. The molecule has 97 heavy (non-hydrogen) atoms. The molecule has 14 aromatic carbocycles. The fourth-order valence-corrected chi connectivity index (χ4v) is 18.7. The van der Waals surface area contributed by atoms with Gasteiger partial charge in [-0.1, -0.05) is 248 Å². The number of benzene rings is 14. The van der Waals surface area contributed by atoms with Crippen molar-refractivity contribution in [1.82, 2.24) is 0 Å². The summed E-state index contributed by atoms with van der Waals surface area (Å²) in [5.41, 5.74) is 27.2. The minimum atomic E-state index is -0.220. The van der Waals surface area contributed by atoms with Crippen molar-refractivity contribution in [3.63, 3.8) is 0 Å². The highest BCUT2D eigenvalue weighted by atomic mass is 32.1. The zero-order valence-corrected chi connectivity index (χ0v) is 56.7. The van der Waals surface area contributed by atoms with Crippen molar-refractivity contribution in [1.29, 1.82) is 0 Å². The summed E-state index contributed by atoms with van der Waals surface area (Å²) in [4.78, 5) is 4.91. The van der Waals surface area contributed by atoms with Gasteiger partial charge >= 0.3 is 0 Å². The molecule has 3 aliphatic rings. The van der Waals surface area contributed by atoms with E-state index in [9.17, 15) is 0 Å². The monoisotopic (exact) mass is 1280 g/mol. The molecule has 0 radical (unpaired) electrons. The molecule has 4 heteroatoms. The molecular formula is C93H68N2S2. The third-order valence-corrected chi connectivity index (χ3v) is 24.1. The van der Waals surface area contributed by atoms with Crippen molar-refractivity contribution < 1.29 is 0 Å². The van der Waals surface area contributed by atoms with Crippen LogP contribution in [0.4, 0.5) is 34.1 Å². The van der Waals surface area contributed by atoms with E-state index in [2.05, 4.69) is 355 Å². The number of hydrogen-bond donors (Lipinski definition) is 0. The summed E-state index contributed by atoms with van der Waals surface area (Å²) >= 11 is 3.73. The van der Waals surface area contributed by atoms with E-state index in [1.165, 1.54) is 151 Å². The van der Waals surface area contributed by atoms with E-state index >= 15 is 0 Å². The van der Waals surface area contributed by atoms with Crippen molar-refractivity contribution in [2.75, 3.05) is 9.80 Å². The van der Waals surface area contributed by atoms with Gasteiger partial charge < -0.3 is 9.80 Å². The van der Waals surface area contributed by atoms with Gasteiger partial charge in [-0.15, -0.1) is 22.7 Å². The Balaban J connectivity index is 0.579. The summed E-state index contributed by atoms with van der Waals surface area (Å²) in [5, 5.41) is 10.1. The number of anilines is 6. The normalized spacial score (nSPS) is 14.5. The predicted molar refractivity (Wildman–Crippen MR) is 420 cm³/mol. The maximum Gasteiger partial charge on any atom is 0.0468 e. The lowest BCUT2D eigenvalue weighted by molar-refractivity contribution is 0.660. The van der Waals surface area contributed by atoms with Crippen LogP contribution in [-0.2, 0) is 16.2 Å². The molecule has 0 spiro atoms. The van der Waals surface area contributed by atoms with Crippen molar-refractivity contribution >= 4 is 143 Å². The first-order chi connectivity index (χ1) is 47.3. The Morgan fingerprint density at radius 1 is 0.227 bits per heavy atom. The van der Waals surface area contributed by atoms with Gasteiger partial charge in [0.25, 0.3) is 0 Å². The molecule has 0 saturated heterocycles. The zero-order chi connectivity index (χ0) is 65.1. The molecule has 16 aromatic rings. The largest absolute Gasteiger partial charge is 0.310 e. The summed E-state index contributed by atoms with van der Waals surface area (Å²) in [6.07, 6.45) is 9.23. The molecular weight excluding hydrogens is 1210 g/mol. The maximum atomic E-state index is 2.46. The molecule has 0 amide bonds. The summed E-state index contributed by atoms with van der Waals surface area (Å²) in [6, 6.07) is 105. The van der Waals surface area contributed by atoms with Gasteiger partial charge in [0.1, 0.15) is 0 Å². The Morgan fingerprint density at radius 3 is 0.866 bits per heavy atom. The van der Waals surface area contributed by atoms with Crippen molar-refractivity contribution in [2.24, 2.45) is 0 Å². The Bertz CT molecular complexity index is 5710. The minimum absolute atomic E-state index is 0.174. The van der Waals surface area contributed by atoms with Crippen molar-refractivity contribution in [3.05, 3.63) is 335 Å². The molecule has 2 heterocycles. The molecule has 0 fully saturated rings. The molecule has 19 rings (SSSR count). The van der Waals surface area contributed by atoms with Crippen LogP contribution in [0.25, 0.3) is 120 Å². The van der Waals surface area contributed by atoms with Crippen LogP contribution in [0.2, 0.25) is 0 Å². The Morgan fingerprint density at radius 2 is 0.495 bits per heavy atom. The van der Waals surface area contributed by atoms with Crippen LogP contribution in [0.3, 0.4) is 0 Å². The predicted octanol–water partition coefficient (Wildman–Crippen LogP) is 26.9. The highest BCUT2D eigenvalue weighted by Crippen LogP contribution is 2.55. The van der Waals surface area contributed by atoms with Gasteiger partial charge in [-0.25, -0.2) is 0 Å². The number of fused-ring (bicyclic) bond motifs is 17. The van der Waals surface area contributed by atoms with Gasteiger partial charge in [0.05, 0.1) is 0 Å². The van der Waals surface area contributed by atoms with Crippen molar-refractivity contribution in [2.45, 2.75) is 57.8 Å². The van der Waals surface area contributed by atoms with Crippen LogP contribution in [0.15, 0.2) is 279 Å². The first-order valence-electron chi connectivity index (χ1n) is 33.9. The highest BCUT2D eigenvalue weighted by molar-refractivity contribution is 7.26. The average molecular weight is 1280 g/mol. The average Bonchev–Trinajstić information content (AvgIpc) is 1.60. The minimum Gasteiger partial charge on any atom is -0.310 e. The fraction of sp³-hybridized carbons (Fsp3) is 0.0968. The second-order valence-electron chi connectivity index (χ2n) is 28.5. The van der Waals surface area contributed by atoms with E-state index in [0.29, 0.717) is 0 Å². The van der Waals surface area contributed by atoms with Gasteiger partial charge in [-0.05, 0) is 208 Å². The number of nitrogens with zero attached hydrogens (tertiary/aromatic N) is 2. The van der Waals surface area contributed by atoms with Gasteiger partial charge in [-0.3, -0.25) is 0 Å². The van der Waals surface area contributed by atoms with Gasteiger partial charge in [-0.2, -0.15) is 0 Å². The Labute approximate surface area is 574 Å². The fourth-order valence-electron chi connectivity index (χ4n) is 16.6. The van der Waals surface area contributed by atoms with Gasteiger partial charge in [0.15, 0.2) is 0 Å². The molecule has 0 saturated carbocycles. The molecule has 0 unspecified atom stereocenters. The van der Waals surface area contributed by atoms with Crippen LogP contribution in [0.1, 0.15) is 97.2 Å².